The van der Waals surface area contributed by atoms with Gasteiger partial charge in [0.05, 0.1) is 13.1 Å². The zero-order valence-electron chi connectivity index (χ0n) is 11.2. The van der Waals surface area contributed by atoms with E-state index < -0.39 is 54.4 Å². The van der Waals surface area contributed by atoms with Crippen LogP contribution in [-0.2, 0) is 0 Å². The smallest absolute Gasteiger partial charge is 0.386 e. The van der Waals surface area contributed by atoms with Crippen LogP contribution in [0.1, 0.15) is 6.92 Å². The fourth-order valence-corrected chi connectivity index (χ4v) is 1.76. The number of aliphatic imine (C=N–C) groups is 1. The van der Waals surface area contributed by atoms with E-state index in [2.05, 4.69) is 4.99 Å². The number of allylic oxidation sites excluding steroid dienone is 2. The van der Waals surface area contributed by atoms with Crippen LogP contribution in [0, 0.1) is 0 Å². The second-order valence-corrected chi connectivity index (χ2v) is 4.92. The van der Waals surface area contributed by atoms with Gasteiger partial charge in [0.25, 0.3) is 0 Å². The predicted octanol–water partition coefficient (Wildman–Crippen LogP) is 2.31. The van der Waals surface area contributed by atoms with Gasteiger partial charge in [0.15, 0.2) is 17.0 Å². The first-order chi connectivity index (χ1) is 9.97. The maximum atomic E-state index is 12.9. The Morgan fingerprint density at radius 2 is 1.52 bits per heavy atom. The van der Waals surface area contributed by atoms with E-state index in [9.17, 15) is 44.6 Å². The molecular formula is C10H10F9N3O. The van der Waals surface area contributed by atoms with E-state index in [1.54, 1.807) is 0 Å². The summed E-state index contributed by atoms with van der Waals surface area (Å²) in [6.45, 7) is -2.82. The molecule has 134 valence electrons. The number of aliphatic hydroxyl groups is 1. The molecule has 0 bridgehead atoms. The molecule has 0 saturated heterocycles. The molecular weight excluding hydrogens is 349 g/mol. The summed E-state index contributed by atoms with van der Waals surface area (Å²) in [6.07, 6.45) is -16.6. The lowest BCUT2D eigenvalue weighted by atomic mass is 10.0. The highest BCUT2D eigenvalue weighted by atomic mass is 19.4. The molecule has 13 heteroatoms. The Kier molecular flexibility index (Phi) is 4.60. The van der Waals surface area contributed by atoms with Crippen molar-refractivity contribution in [2.24, 2.45) is 10.7 Å². The lowest BCUT2D eigenvalue weighted by Crippen LogP contribution is -2.55. The highest BCUT2D eigenvalue weighted by molar-refractivity contribution is 5.84. The number of amidine groups is 1. The predicted molar refractivity (Wildman–Crippen MR) is 59.0 cm³/mol. The standard InChI is InChI=1S/C10H10F9N3O/c1-7(23,10(17,18)19)3-22-2-4(20)21-5(8(11,12)13)6(22)9(14,15)16/h23H,2-3H2,1H3,(H2,20,21). The molecule has 1 heterocycles. The van der Waals surface area contributed by atoms with Crippen LogP contribution in [0.25, 0.3) is 0 Å². The number of nitrogens with two attached hydrogens (primary N) is 1. The van der Waals surface area contributed by atoms with Crippen LogP contribution in [0.15, 0.2) is 16.4 Å². The highest BCUT2D eigenvalue weighted by Gasteiger charge is 2.55. The van der Waals surface area contributed by atoms with Gasteiger partial charge in [0, 0.05) is 0 Å². The van der Waals surface area contributed by atoms with Gasteiger partial charge in [-0.15, -0.1) is 0 Å². The molecule has 0 radical (unpaired) electrons. The second kappa shape index (κ2) is 5.46. The van der Waals surface area contributed by atoms with E-state index in [1.165, 1.54) is 0 Å². The SMILES string of the molecule is CC(O)(CN1CC(N)=NC(C(F)(F)F)=C1C(F)(F)F)C(F)(F)F. The van der Waals surface area contributed by atoms with Gasteiger partial charge in [0.2, 0.25) is 0 Å². The number of nitrogens with zero attached hydrogens (tertiary/aromatic N) is 2. The molecule has 1 atom stereocenters. The Morgan fingerprint density at radius 3 is 1.87 bits per heavy atom. The first-order valence-corrected chi connectivity index (χ1v) is 5.72. The summed E-state index contributed by atoms with van der Waals surface area (Å²) in [4.78, 5) is 2.23. The Bertz CT molecular complexity index is 527. The average Bonchev–Trinajstić information content (AvgIpc) is 2.22. The van der Waals surface area contributed by atoms with Gasteiger partial charge in [-0.1, -0.05) is 0 Å². The largest absolute Gasteiger partial charge is 0.435 e. The Morgan fingerprint density at radius 1 is 1.04 bits per heavy atom. The lowest BCUT2D eigenvalue weighted by molar-refractivity contribution is -0.258. The summed E-state index contributed by atoms with van der Waals surface area (Å²) in [5.41, 5.74) is -3.61. The Balaban J connectivity index is 3.43. The summed E-state index contributed by atoms with van der Waals surface area (Å²) in [6, 6.07) is 0. The monoisotopic (exact) mass is 359 g/mol. The molecule has 0 aromatic heterocycles. The number of halogens is 9. The quantitative estimate of drug-likeness (QED) is 0.744. The van der Waals surface area contributed by atoms with Crippen LogP contribution in [-0.4, -0.2) is 53.1 Å². The number of hydrogen-bond acceptors (Lipinski definition) is 4. The van der Waals surface area contributed by atoms with Gasteiger partial charge in [-0.05, 0) is 6.92 Å². The minimum Gasteiger partial charge on any atom is -0.386 e. The summed E-state index contributed by atoms with van der Waals surface area (Å²) in [7, 11) is 0. The molecule has 1 aliphatic heterocycles. The molecule has 0 aliphatic carbocycles. The molecule has 1 rings (SSSR count). The van der Waals surface area contributed by atoms with E-state index in [1.807, 2.05) is 0 Å². The molecule has 23 heavy (non-hydrogen) atoms. The Hall–Kier alpha value is -1.66. The number of β-amino-alcohol motifs (C(OH)–C–C–N with tert-alkyl or cyclic N) is 1. The Labute approximate surface area is 123 Å². The fourth-order valence-electron chi connectivity index (χ4n) is 1.76. The molecule has 1 aliphatic rings. The molecule has 0 spiro atoms. The first-order valence-electron chi connectivity index (χ1n) is 5.72. The van der Waals surface area contributed by atoms with Crippen LogP contribution in [0.4, 0.5) is 39.5 Å². The normalized spacial score (nSPS) is 20.5. The summed E-state index contributed by atoms with van der Waals surface area (Å²) in [5, 5.41) is 9.24. The molecule has 0 saturated carbocycles. The van der Waals surface area contributed by atoms with Gasteiger partial charge in [-0.25, -0.2) is 4.99 Å². The van der Waals surface area contributed by atoms with E-state index in [-0.39, 0.29) is 11.8 Å². The molecule has 0 fully saturated rings. The third-order valence-electron chi connectivity index (χ3n) is 2.80. The van der Waals surface area contributed by atoms with E-state index in [4.69, 9.17) is 5.73 Å². The maximum Gasteiger partial charge on any atom is 0.435 e. The maximum absolute atomic E-state index is 12.9. The van der Waals surface area contributed by atoms with Crippen molar-refractivity contribution in [2.75, 3.05) is 13.1 Å². The van der Waals surface area contributed by atoms with Crippen molar-refractivity contribution >= 4 is 5.84 Å². The van der Waals surface area contributed by atoms with Crippen LogP contribution < -0.4 is 5.73 Å². The zero-order valence-corrected chi connectivity index (χ0v) is 11.2. The van der Waals surface area contributed by atoms with Crippen LogP contribution in [0.3, 0.4) is 0 Å². The van der Waals surface area contributed by atoms with Crippen molar-refractivity contribution in [1.29, 1.82) is 0 Å². The minimum atomic E-state index is -5.66. The summed E-state index contributed by atoms with van der Waals surface area (Å²) >= 11 is 0. The summed E-state index contributed by atoms with van der Waals surface area (Å²) < 4.78 is 115. The van der Waals surface area contributed by atoms with Crippen molar-refractivity contribution in [3.63, 3.8) is 0 Å². The zero-order chi connectivity index (χ0) is 18.4. The molecule has 1 unspecified atom stereocenters. The highest BCUT2D eigenvalue weighted by Crippen LogP contribution is 2.42. The van der Waals surface area contributed by atoms with Gasteiger partial charge in [0.1, 0.15) is 5.84 Å². The molecule has 0 aromatic rings. The van der Waals surface area contributed by atoms with Gasteiger partial charge < -0.3 is 15.7 Å². The van der Waals surface area contributed by atoms with Crippen LogP contribution >= 0.6 is 0 Å². The lowest BCUT2D eigenvalue weighted by Gasteiger charge is -2.38. The molecule has 0 aromatic carbocycles. The van der Waals surface area contributed by atoms with Crippen LogP contribution in [0.5, 0.6) is 0 Å². The molecule has 0 amide bonds. The average molecular weight is 359 g/mol. The second-order valence-electron chi connectivity index (χ2n) is 4.92. The van der Waals surface area contributed by atoms with Gasteiger partial charge in [-0.3, -0.25) is 0 Å². The van der Waals surface area contributed by atoms with Crippen molar-refractivity contribution in [3.8, 4) is 0 Å². The van der Waals surface area contributed by atoms with Crippen molar-refractivity contribution < 1.29 is 44.6 Å². The van der Waals surface area contributed by atoms with Gasteiger partial charge in [-0.2, -0.15) is 39.5 Å². The van der Waals surface area contributed by atoms with E-state index in [0.29, 0.717) is 0 Å². The third kappa shape index (κ3) is 4.20. The number of hydrogen-bond donors (Lipinski definition) is 2. The van der Waals surface area contributed by atoms with E-state index in [0.717, 1.165) is 0 Å². The minimum absolute atomic E-state index is 0.135. The van der Waals surface area contributed by atoms with Crippen molar-refractivity contribution in [1.82, 2.24) is 4.90 Å². The topological polar surface area (TPSA) is 61.8 Å². The fraction of sp³-hybridized carbons (Fsp3) is 0.700. The van der Waals surface area contributed by atoms with Crippen molar-refractivity contribution in [3.05, 3.63) is 11.4 Å². The first kappa shape index (κ1) is 19.4. The number of alkyl halides is 9. The van der Waals surface area contributed by atoms with Gasteiger partial charge >= 0.3 is 18.5 Å². The molecule has 4 nitrogen and oxygen atoms in total. The summed E-state index contributed by atoms with van der Waals surface area (Å²) in [5.74, 6) is -0.969. The number of rotatable bonds is 2. The van der Waals surface area contributed by atoms with E-state index >= 15 is 0 Å². The third-order valence-corrected chi connectivity index (χ3v) is 2.80. The van der Waals surface area contributed by atoms with Crippen LogP contribution in [0.2, 0.25) is 0 Å². The molecule has 3 N–H and O–H groups in total. The van der Waals surface area contributed by atoms with Crippen molar-refractivity contribution in [2.45, 2.75) is 31.1 Å².